The highest BCUT2D eigenvalue weighted by atomic mass is 79.9. The van der Waals surface area contributed by atoms with Crippen molar-refractivity contribution in [2.75, 3.05) is 36.0 Å². The summed E-state index contributed by atoms with van der Waals surface area (Å²) >= 11 is 3.45. The Hall–Kier alpha value is -2.36. The average molecular weight is 441 g/mol. The number of rotatable bonds is 2. The smallest absolute Gasteiger partial charge is 0.368 e. The summed E-state index contributed by atoms with van der Waals surface area (Å²) in [6.45, 7) is 2.49. The molecule has 0 atom stereocenters. The van der Waals surface area contributed by atoms with Crippen molar-refractivity contribution < 1.29 is 13.2 Å². The van der Waals surface area contributed by atoms with Gasteiger partial charge >= 0.3 is 6.18 Å². The maximum Gasteiger partial charge on any atom is 0.416 e. The van der Waals surface area contributed by atoms with Gasteiger partial charge in [-0.1, -0.05) is 6.07 Å². The fourth-order valence-electron chi connectivity index (χ4n) is 3.32. The van der Waals surface area contributed by atoms with Crippen LogP contribution in [0.1, 0.15) is 5.56 Å². The van der Waals surface area contributed by atoms with E-state index in [1.54, 1.807) is 10.7 Å². The maximum absolute atomic E-state index is 13.0. The van der Waals surface area contributed by atoms with Crippen LogP contribution >= 0.6 is 15.9 Å². The quantitative estimate of drug-likeness (QED) is 0.610. The van der Waals surface area contributed by atoms with Crippen molar-refractivity contribution in [1.29, 1.82) is 0 Å². The second-order valence-electron chi connectivity index (χ2n) is 6.33. The monoisotopic (exact) mass is 440 g/mol. The summed E-state index contributed by atoms with van der Waals surface area (Å²) in [5, 5.41) is 5.17. The number of aryl methyl sites for hydroxylation is 1. The number of nitrogens with zero attached hydrogens (tertiary/aromatic N) is 6. The minimum absolute atomic E-state index is 0.583. The van der Waals surface area contributed by atoms with Gasteiger partial charge < -0.3 is 9.80 Å². The predicted octanol–water partition coefficient (Wildman–Crippen LogP) is 3.47. The molecule has 3 heterocycles. The van der Waals surface area contributed by atoms with E-state index in [0.29, 0.717) is 36.5 Å². The van der Waals surface area contributed by atoms with Crippen LogP contribution in [0.25, 0.3) is 11.0 Å². The molecule has 142 valence electrons. The third-order valence-electron chi connectivity index (χ3n) is 4.68. The van der Waals surface area contributed by atoms with E-state index in [1.807, 2.05) is 11.9 Å². The molecule has 4 rings (SSSR count). The highest BCUT2D eigenvalue weighted by Gasteiger charge is 2.31. The van der Waals surface area contributed by atoms with Crippen molar-refractivity contribution in [3.8, 4) is 0 Å². The highest BCUT2D eigenvalue weighted by molar-refractivity contribution is 9.10. The Balaban J connectivity index is 1.55. The largest absolute Gasteiger partial charge is 0.416 e. The van der Waals surface area contributed by atoms with Crippen LogP contribution < -0.4 is 9.80 Å². The molecule has 2 aromatic heterocycles. The van der Waals surface area contributed by atoms with Crippen LogP contribution in [-0.4, -0.2) is 45.9 Å². The minimum Gasteiger partial charge on any atom is -0.368 e. The van der Waals surface area contributed by atoms with E-state index < -0.39 is 11.7 Å². The summed E-state index contributed by atoms with van der Waals surface area (Å²) in [6.07, 6.45) is -2.83. The van der Waals surface area contributed by atoms with Gasteiger partial charge in [-0.15, -0.1) is 0 Å². The second-order valence-corrected chi connectivity index (χ2v) is 7.08. The molecule has 0 saturated carbocycles. The van der Waals surface area contributed by atoms with Gasteiger partial charge in [0.15, 0.2) is 5.65 Å². The first-order valence-corrected chi connectivity index (χ1v) is 9.14. The lowest BCUT2D eigenvalue weighted by atomic mass is 10.1. The molecular formula is C17H16BrF3N6. The molecule has 1 aliphatic rings. The molecule has 1 fully saturated rings. The lowest BCUT2D eigenvalue weighted by Gasteiger charge is -2.37. The Morgan fingerprint density at radius 1 is 1.04 bits per heavy atom. The molecule has 0 N–H and O–H groups in total. The summed E-state index contributed by atoms with van der Waals surface area (Å²) in [7, 11) is 1.81. The SMILES string of the molecule is Cn1nc(Br)c2c(N3CCN(c4cccc(C(F)(F)F)c4)CC3)ncnc21. The third kappa shape index (κ3) is 3.33. The fourth-order valence-corrected chi connectivity index (χ4v) is 3.91. The number of piperazine rings is 1. The predicted molar refractivity (Wildman–Crippen MR) is 99.9 cm³/mol. The van der Waals surface area contributed by atoms with Gasteiger partial charge in [0.2, 0.25) is 0 Å². The number of benzene rings is 1. The van der Waals surface area contributed by atoms with Gasteiger partial charge in [0.25, 0.3) is 0 Å². The Labute approximate surface area is 161 Å². The van der Waals surface area contributed by atoms with Crippen LogP contribution in [-0.2, 0) is 13.2 Å². The Bertz CT molecular complexity index is 978. The lowest BCUT2D eigenvalue weighted by molar-refractivity contribution is -0.137. The van der Waals surface area contributed by atoms with E-state index in [-0.39, 0.29) is 0 Å². The molecule has 6 nitrogen and oxygen atoms in total. The number of alkyl halides is 3. The van der Waals surface area contributed by atoms with E-state index in [9.17, 15) is 13.2 Å². The maximum atomic E-state index is 13.0. The van der Waals surface area contributed by atoms with Crippen LogP contribution in [0.4, 0.5) is 24.7 Å². The van der Waals surface area contributed by atoms with Crippen molar-refractivity contribution in [2.45, 2.75) is 6.18 Å². The number of halogens is 4. The molecule has 0 unspecified atom stereocenters. The van der Waals surface area contributed by atoms with Crippen LogP contribution in [0.3, 0.4) is 0 Å². The standard InChI is InChI=1S/C17H16BrF3N6/c1-25-15-13(14(18)24-25)16(23-10-22-15)27-7-5-26(6-8-27)12-4-2-3-11(9-12)17(19,20)21/h2-4,9-10H,5-8H2,1H3. The molecule has 0 bridgehead atoms. The first kappa shape index (κ1) is 18.0. The van der Waals surface area contributed by atoms with Gasteiger partial charge in [-0.25, -0.2) is 14.6 Å². The fraction of sp³-hybridized carbons (Fsp3) is 0.353. The Morgan fingerprint density at radius 3 is 2.44 bits per heavy atom. The van der Waals surface area contributed by atoms with Gasteiger partial charge in [0, 0.05) is 38.9 Å². The summed E-state index contributed by atoms with van der Waals surface area (Å²) in [6, 6.07) is 5.46. The van der Waals surface area contributed by atoms with Gasteiger partial charge in [-0.2, -0.15) is 18.3 Å². The van der Waals surface area contributed by atoms with Crippen molar-refractivity contribution in [1.82, 2.24) is 19.7 Å². The minimum atomic E-state index is -4.34. The van der Waals surface area contributed by atoms with Crippen LogP contribution in [0, 0.1) is 0 Å². The zero-order valence-electron chi connectivity index (χ0n) is 14.4. The van der Waals surface area contributed by atoms with Crippen molar-refractivity contribution in [3.05, 3.63) is 40.8 Å². The third-order valence-corrected chi connectivity index (χ3v) is 5.23. The van der Waals surface area contributed by atoms with E-state index in [2.05, 4.69) is 35.9 Å². The molecule has 10 heteroatoms. The normalized spacial score (nSPS) is 15.6. The van der Waals surface area contributed by atoms with Crippen LogP contribution in [0.15, 0.2) is 35.2 Å². The average Bonchev–Trinajstić information content (AvgIpc) is 2.96. The molecule has 0 spiro atoms. The first-order valence-electron chi connectivity index (χ1n) is 8.35. The molecule has 27 heavy (non-hydrogen) atoms. The topological polar surface area (TPSA) is 50.1 Å². The molecule has 1 aromatic carbocycles. The zero-order chi connectivity index (χ0) is 19.2. The Morgan fingerprint density at radius 2 is 1.74 bits per heavy atom. The van der Waals surface area contributed by atoms with E-state index >= 15 is 0 Å². The Kier molecular flexibility index (Phi) is 4.45. The number of hydrogen-bond donors (Lipinski definition) is 0. The number of anilines is 2. The molecule has 0 aliphatic carbocycles. The summed E-state index contributed by atoms with van der Waals surface area (Å²) in [5.41, 5.74) is 0.686. The molecule has 3 aromatic rings. The highest BCUT2D eigenvalue weighted by Crippen LogP contribution is 2.33. The molecule has 0 radical (unpaired) electrons. The summed E-state index contributed by atoms with van der Waals surface area (Å²) in [4.78, 5) is 12.8. The zero-order valence-corrected chi connectivity index (χ0v) is 16.0. The van der Waals surface area contributed by atoms with Gasteiger partial charge in [-0.05, 0) is 34.1 Å². The van der Waals surface area contributed by atoms with Crippen molar-refractivity contribution >= 4 is 38.5 Å². The van der Waals surface area contributed by atoms with E-state index in [0.717, 1.165) is 22.9 Å². The van der Waals surface area contributed by atoms with Gasteiger partial charge in [0.1, 0.15) is 16.7 Å². The van der Waals surface area contributed by atoms with Gasteiger partial charge in [0.05, 0.1) is 10.9 Å². The number of hydrogen-bond acceptors (Lipinski definition) is 5. The van der Waals surface area contributed by atoms with Crippen molar-refractivity contribution in [2.24, 2.45) is 7.05 Å². The molecule has 1 saturated heterocycles. The first-order chi connectivity index (χ1) is 12.8. The summed E-state index contributed by atoms with van der Waals surface area (Å²) in [5.74, 6) is 0.781. The van der Waals surface area contributed by atoms with E-state index in [4.69, 9.17) is 0 Å². The van der Waals surface area contributed by atoms with Gasteiger partial charge in [-0.3, -0.25) is 0 Å². The summed E-state index contributed by atoms with van der Waals surface area (Å²) < 4.78 is 41.2. The van der Waals surface area contributed by atoms with Crippen LogP contribution in [0.5, 0.6) is 0 Å². The molecular weight excluding hydrogens is 425 g/mol. The lowest BCUT2D eigenvalue weighted by Crippen LogP contribution is -2.47. The van der Waals surface area contributed by atoms with Crippen molar-refractivity contribution in [3.63, 3.8) is 0 Å². The molecule has 1 aliphatic heterocycles. The molecule has 0 amide bonds. The van der Waals surface area contributed by atoms with Crippen LogP contribution in [0.2, 0.25) is 0 Å². The number of fused-ring (bicyclic) bond motifs is 1. The number of aromatic nitrogens is 4. The van der Waals surface area contributed by atoms with E-state index in [1.165, 1.54) is 18.5 Å². The second kappa shape index (κ2) is 6.66.